The molecule has 0 spiro atoms. The van der Waals surface area contributed by atoms with Crippen molar-refractivity contribution in [2.75, 3.05) is 0 Å². The fourth-order valence-electron chi connectivity index (χ4n) is 1.33. The van der Waals surface area contributed by atoms with Crippen LogP contribution in [0, 0.1) is 5.92 Å². The molecule has 1 fully saturated rings. The third-order valence-electron chi connectivity index (χ3n) is 2.53. The highest BCUT2D eigenvalue weighted by molar-refractivity contribution is 5.90. The van der Waals surface area contributed by atoms with Crippen molar-refractivity contribution < 1.29 is 4.79 Å². The SMILES string of the molecule is CC(C)CCCC(=O)C1(N)CC1. The predicted molar refractivity (Wildman–Crippen MR) is 49.8 cm³/mol. The molecule has 0 saturated heterocycles. The van der Waals surface area contributed by atoms with Gasteiger partial charge in [-0.3, -0.25) is 4.79 Å². The molecule has 2 nitrogen and oxygen atoms in total. The molecule has 2 heteroatoms. The summed E-state index contributed by atoms with van der Waals surface area (Å²) in [6.07, 6.45) is 4.66. The number of hydrogen-bond acceptors (Lipinski definition) is 2. The van der Waals surface area contributed by atoms with Gasteiger partial charge in [0.25, 0.3) is 0 Å². The maximum atomic E-state index is 11.4. The Morgan fingerprint density at radius 1 is 1.50 bits per heavy atom. The Hall–Kier alpha value is -0.370. The van der Waals surface area contributed by atoms with Gasteiger partial charge >= 0.3 is 0 Å². The van der Waals surface area contributed by atoms with E-state index in [9.17, 15) is 4.79 Å². The fourth-order valence-corrected chi connectivity index (χ4v) is 1.33. The molecule has 0 amide bonds. The van der Waals surface area contributed by atoms with E-state index in [4.69, 9.17) is 5.73 Å². The molecule has 0 bridgehead atoms. The smallest absolute Gasteiger partial charge is 0.152 e. The number of hydrogen-bond donors (Lipinski definition) is 1. The number of carbonyl (C=O) groups is 1. The lowest BCUT2D eigenvalue weighted by atomic mass is 10.0. The van der Waals surface area contributed by atoms with E-state index in [1.807, 2.05) is 0 Å². The fraction of sp³-hybridized carbons (Fsp3) is 0.900. The molecule has 70 valence electrons. The van der Waals surface area contributed by atoms with Crippen molar-refractivity contribution in [3.05, 3.63) is 0 Å². The lowest BCUT2D eigenvalue weighted by Gasteiger charge is -2.07. The zero-order chi connectivity index (χ0) is 9.19. The summed E-state index contributed by atoms with van der Waals surface area (Å²) in [5.41, 5.74) is 5.37. The Morgan fingerprint density at radius 2 is 2.08 bits per heavy atom. The van der Waals surface area contributed by atoms with E-state index in [-0.39, 0.29) is 5.78 Å². The van der Waals surface area contributed by atoms with Crippen molar-refractivity contribution in [2.24, 2.45) is 11.7 Å². The first kappa shape index (κ1) is 9.72. The quantitative estimate of drug-likeness (QED) is 0.682. The van der Waals surface area contributed by atoms with Crippen molar-refractivity contribution in [3.63, 3.8) is 0 Å². The number of nitrogens with two attached hydrogens (primary N) is 1. The van der Waals surface area contributed by atoms with Crippen LogP contribution in [0.2, 0.25) is 0 Å². The van der Waals surface area contributed by atoms with Gasteiger partial charge in [0, 0.05) is 6.42 Å². The van der Waals surface area contributed by atoms with Crippen LogP contribution >= 0.6 is 0 Å². The van der Waals surface area contributed by atoms with E-state index in [0.717, 1.165) is 25.7 Å². The van der Waals surface area contributed by atoms with Crippen molar-refractivity contribution in [2.45, 2.75) is 51.5 Å². The van der Waals surface area contributed by atoms with Gasteiger partial charge in [0.05, 0.1) is 5.54 Å². The second-order valence-electron chi connectivity index (χ2n) is 4.37. The summed E-state index contributed by atoms with van der Waals surface area (Å²) in [5.74, 6) is 0.980. The molecule has 0 unspecified atom stereocenters. The summed E-state index contributed by atoms with van der Waals surface area (Å²) in [6.45, 7) is 4.36. The van der Waals surface area contributed by atoms with E-state index in [0.29, 0.717) is 12.3 Å². The number of carbonyl (C=O) groups excluding carboxylic acids is 1. The maximum Gasteiger partial charge on any atom is 0.152 e. The lowest BCUT2D eigenvalue weighted by molar-refractivity contribution is -0.121. The molecule has 0 aliphatic heterocycles. The average molecular weight is 169 g/mol. The van der Waals surface area contributed by atoms with Crippen molar-refractivity contribution in [1.82, 2.24) is 0 Å². The molecule has 1 rings (SSSR count). The van der Waals surface area contributed by atoms with Crippen molar-refractivity contribution >= 4 is 5.78 Å². The van der Waals surface area contributed by atoms with Gasteiger partial charge in [0.15, 0.2) is 5.78 Å². The summed E-state index contributed by atoms with van der Waals surface area (Å²) < 4.78 is 0. The zero-order valence-corrected chi connectivity index (χ0v) is 8.10. The minimum absolute atomic E-state index is 0.281. The first-order valence-corrected chi connectivity index (χ1v) is 4.87. The van der Waals surface area contributed by atoms with E-state index < -0.39 is 5.54 Å². The molecule has 0 aromatic rings. The van der Waals surface area contributed by atoms with Crippen LogP contribution in [-0.4, -0.2) is 11.3 Å². The highest BCUT2D eigenvalue weighted by atomic mass is 16.1. The predicted octanol–water partition coefficient (Wildman–Crippen LogP) is 1.87. The minimum atomic E-state index is -0.392. The van der Waals surface area contributed by atoms with Crippen LogP contribution in [0.15, 0.2) is 0 Å². The van der Waals surface area contributed by atoms with E-state index in [1.165, 1.54) is 0 Å². The Morgan fingerprint density at radius 3 is 2.50 bits per heavy atom. The molecule has 0 aromatic carbocycles. The topological polar surface area (TPSA) is 43.1 Å². The molecule has 0 atom stereocenters. The third kappa shape index (κ3) is 2.59. The van der Waals surface area contributed by atoms with Gasteiger partial charge in [0.2, 0.25) is 0 Å². The molecule has 12 heavy (non-hydrogen) atoms. The van der Waals surface area contributed by atoms with Crippen molar-refractivity contribution in [3.8, 4) is 0 Å². The van der Waals surface area contributed by atoms with Gasteiger partial charge in [-0.15, -0.1) is 0 Å². The second-order valence-corrected chi connectivity index (χ2v) is 4.37. The van der Waals surface area contributed by atoms with Gasteiger partial charge in [-0.2, -0.15) is 0 Å². The summed E-state index contributed by atoms with van der Waals surface area (Å²) in [6, 6.07) is 0. The number of ketones is 1. The molecular weight excluding hydrogens is 150 g/mol. The lowest BCUT2D eigenvalue weighted by Crippen LogP contribution is -2.32. The summed E-state index contributed by atoms with van der Waals surface area (Å²) in [5, 5.41) is 0. The highest BCUT2D eigenvalue weighted by Gasteiger charge is 2.44. The van der Waals surface area contributed by atoms with Gasteiger partial charge in [0.1, 0.15) is 0 Å². The van der Waals surface area contributed by atoms with E-state index >= 15 is 0 Å². The third-order valence-corrected chi connectivity index (χ3v) is 2.53. The first-order valence-electron chi connectivity index (χ1n) is 4.87. The van der Waals surface area contributed by atoms with E-state index in [1.54, 1.807) is 0 Å². The van der Waals surface area contributed by atoms with E-state index in [2.05, 4.69) is 13.8 Å². The Balaban J connectivity index is 2.11. The highest BCUT2D eigenvalue weighted by Crippen LogP contribution is 2.34. The largest absolute Gasteiger partial charge is 0.319 e. The van der Waals surface area contributed by atoms with Crippen LogP contribution in [0.4, 0.5) is 0 Å². The molecule has 1 aliphatic carbocycles. The maximum absolute atomic E-state index is 11.4. The summed E-state index contributed by atoms with van der Waals surface area (Å²) in [4.78, 5) is 11.4. The normalized spacial score (nSPS) is 19.7. The molecule has 1 aliphatic rings. The molecule has 0 radical (unpaired) electrons. The van der Waals surface area contributed by atoms with Crippen LogP contribution in [0.3, 0.4) is 0 Å². The Labute approximate surface area is 74.5 Å². The van der Waals surface area contributed by atoms with Gasteiger partial charge < -0.3 is 5.73 Å². The summed E-state index contributed by atoms with van der Waals surface area (Å²) in [7, 11) is 0. The molecule has 2 N–H and O–H groups in total. The molecule has 1 saturated carbocycles. The number of rotatable bonds is 5. The molecule has 0 aromatic heterocycles. The van der Waals surface area contributed by atoms with Gasteiger partial charge in [-0.25, -0.2) is 0 Å². The van der Waals surface area contributed by atoms with Crippen LogP contribution in [-0.2, 0) is 4.79 Å². The molecule has 0 heterocycles. The Kier molecular flexibility index (Phi) is 2.89. The standard InChI is InChI=1S/C10H19NO/c1-8(2)4-3-5-9(12)10(11)6-7-10/h8H,3-7,11H2,1-2H3. The van der Waals surface area contributed by atoms with Crippen LogP contribution in [0.5, 0.6) is 0 Å². The number of Topliss-reactive ketones (excluding diaryl/α,β-unsaturated/α-hetero) is 1. The monoisotopic (exact) mass is 169 g/mol. The Bertz CT molecular complexity index is 171. The minimum Gasteiger partial charge on any atom is -0.319 e. The van der Waals surface area contributed by atoms with Crippen LogP contribution in [0.25, 0.3) is 0 Å². The zero-order valence-electron chi connectivity index (χ0n) is 8.10. The average Bonchev–Trinajstić information content (AvgIpc) is 2.68. The summed E-state index contributed by atoms with van der Waals surface area (Å²) >= 11 is 0. The second kappa shape index (κ2) is 3.56. The molecular formula is C10H19NO. The van der Waals surface area contributed by atoms with Gasteiger partial charge in [-0.1, -0.05) is 20.3 Å². The van der Waals surface area contributed by atoms with Crippen LogP contribution in [0.1, 0.15) is 46.0 Å². The van der Waals surface area contributed by atoms with Crippen molar-refractivity contribution in [1.29, 1.82) is 0 Å². The van der Waals surface area contributed by atoms with Gasteiger partial charge in [-0.05, 0) is 25.2 Å². The van der Waals surface area contributed by atoms with Crippen LogP contribution < -0.4 is 5.73 Å². The first-order chi connectivity index (χ1) is 5.54.